The van der Waals surface area contributed by atoms with Gasteiger partial charge < -0.3 is 5.32 Å². The van der Waals surface area contributed by atoms with Crippen molar-refractivity contribution >= 4 is 17.7 Å². The molecule has 0 aliphatic heterocycles. The van der Waals surface area contributed by atoms with Gasteiger partial charge in [-0.15, -0.1) is 11.8 Å². The van der Waals surface area contributed by atoms with Crippen LogP contribution in [-0.2, 0) is 11.3 Å². The van der Waals surface area contributed by atoms with Crippen LogP contribution in [0.4, 0.5) is 0 Å². The van der Waals surface area contributed by atoms with E-state index in [1.54, 1.807) is 11.8 Å². The van der Waals surface area contributed by atoms with Gasteiger partial charge in [0.05, 0.1) is 0 Å². The van der Waals surface area contributed by atoms with E-state index >= 15 is 0 Å². The summed E-state index contributed by atoms with van der Waals surface area (Å²) in [5.41, 5.74) is 1.15. The monoisotopic (exact) mass is 237 g/mol. The van der Waals surface area contributed by atoms with Crippen molar-refractivity contribution in [2.24, 2.45) is 5.92 Å². The van der Waals surface area contributed by atoms with Gasteiger partial charge in [-0.2, -0.15) is 0 Å². The molecule has 0 aliphatic carbocycles. The Morgan fingerprint density at radius 3 is 2.44 bits per heavy atom. The molecule has 0 saturated heterocycles. The SMILES string of the molecule is CSc1ccc(CNC(=O)CC(C)C)cc1. The molecule has 88 valence electrons. The minimum absolute atomic E-state index is 0.129. The van der Waals surface area contributed by atoms with E-state index in [4.69, 9.17) is 0 Å². The molecule has 1 N–H and O–H groups in total. The highest BCUT2D eigenvalue weighted by atomic mass is 32.2. The van der Waals surface area contributed by atoms with Crippen molar-refractivity contribution < 1.29 is 4.79 Å². The maximum Gasteiger partial charge on any atom is 0.220 e. The number of benzene rings is 1. The van der Waals surface area contributed by atoms with Gasteiger partial charge in [-0.3, -0.25) is 4.79 Å². The number of amides is 1. The van der Waals surface area contributed by atoms with Gasteiger partial charge >= 0.3 is 0 Å². The zero-order valence-electron chi connectivity index (χ0n) is 10.1. The van der Waals surface area contributed by atoms with Crippen LogP contribution >= 0.6 is 11.8 Å². The van der Waals surface area contributed by atoms with E-state index in [9.17, 15) is 4.79 Å². The molecule has 0 unspecified atom stereocenters. The van der Waals surface area contributed by atoms with E-state index < -0.39 is 0 Å². The van der Waals surface area contributed by atoms with Crippen LogP contribution < -0.4 is 5.32 Å². The first-order chi connectivity index (χ1) is 7.61. The molecular formula is C13H19NOS. The van der Waals surface area contributed by atoms with Crippen molar-refractivity contribution in [2.75, 3.05) is 6.26 Å². The second-order valence-corrected chi connectivity index (χ2v) is 5.10. The Hall–Kier alpha value is -0.960. The summed E-state index contributed by atoms with van der Waals surface area (Å²) in [5, 5.41) is 2.92. The van der Waals surface area contributed by atoms with Crippen LogP contribution in [0.2, 0.25) is 0 Å². The number of nitrogens with one attached hydrogen (secondary N) is 1. The second-order valence-electron chi connectivity index (χ2n) is 4.22. The molecule has 3 heteroatoms. The highest BCUT2D eigenvalue weighted by molar-refractivity contribution is 7.98. The van der Waals surface area contributed by atoms with E-state index in [0.29, 0.717) is 18.9 Å². The number of carbonyl (C=O) groups excluding carboxylic acids is 1. The minimum atomic E-state index is 0.129. The summed E-state index contributed by atoms with van der Waals surface area (Å²) < 4.78 is 0. The number of hydrogen-bond donors (Lipinski definition) is 1. The van der Waals surface area contributed by atoms with Crippen molar-refractivity contribution in [1.82, 2.24) is 5.32 Å². The number of thioether (sulfide) groups is 1. The standard InChI is InChI=1S/C13H19NOS/c1-10(2)8-13(15)14-9-11-4-6-12(16-3)7-5-11/h4-7,10H,8-9H2,1-3H3,(H,14,15). The van der Waals surface area contributed by atoms with Gasteiger partial charge in [-0.25, -0.2) is 0 Å². The third-order valence-electron chi connectivity index (χ3n) is 2.24. The fourth-order valence-electron chi connectivity index (χ4n) is 1.39. The van der Waals surface area contributed by atoms with E-state index in [-0.39, 0.29) is 5.91 Å². The lowest BCUT2D eigenvalue weighted by molar-refractivity contribution is -0.121. The molecule has 1 aromatic carbocycles. The molecule has 0 atom stereocenters. The van der Waals surface area contributed by atoms with Gasteiger partial charge in [-0.1, -0.05) is 26.0 Å². The molecular weight excluding hydrogens is 218 g/mol. The summed E-state index contributed by atoms with van der Waals surface area (Å²) >= 11 is 1.72. The van der Waals surface area contributed by atoms with E-state index in [2.05, 4.69) is 35.8 Å². The maximum atomic E-state index is 11.4. The van der Waals surface area contributed by atoms with Gasteiger partial charge in [0, 0.05) is 17.9 Å². The van der Waals surface area contributed by atoms with Crippen molar-refractivity contribution in [2.45, 2.75) is 31.7 Å². The highest BCUT2D eigenvalue weighted by Crippen LogP contribution is 2.14. The van der Waals surface area contributed by atoms with Crippen molar-refractivity contribution in [1.29, 1.82) is 0 Å². The molecule has 1 aromatic rings. The minimum Gasteiger partial charge on any atom is -0.352 e. The summed E-state index contributed by atoms with van der Waals surface area (Å²) in [6.45, 7) is 4.72. The van der Waals surface area contributed by atoms with Crippen LogP contribution in [0.15, 0.2) is 29.2 Å². The van der Waals surface area contributed by atoms with Crippen LogP contribution in [0, 0.1) is 5.92 Å². The maximum absolute atomic E-state index is 11.4. The Balaban J connectivity index is 2.39. The molecule has 1 rings (SSSR count). The Morgan fingerprint density at radius 2 is 1.94 bits per heavy atom. The third kappa shape index (κ3) is 4.71. The molecule has 0 spiro atoms. The van der Waals surface area contributed by atoms with Crippen LogP contribution in [0.3, 0.4) is 0 Å². The van der Waals surface area contributed by atoms with Crippen LogP contribution in [-0.4, -0.2) is 12.2 Å². The van der Waals surface area contributed by atoms with Gasteiger partial charge in [0.2, 0.25) is 5.91 Å². The molecule has 0 heterocycles. The summed E-state index contributed by atoms with van der Waals surface area (Å²) in [5.74, 6) is 0.544. The lowest BCUT2D eigenvalue weighted by atomic mass is 10.1. The summed E-state index contributed by atoms with van der Waals surface area (Å²) in [6, 6.07) is 8.27. The van der Waals surface area contributed by atoms with Crippen molar-refractivity contribution in [3.05, 3.63) is 29.8 Å². The summed E-state index contributed by atoms with van der Waals surface area (Å²) in [4.78, 5) is 12.7. The number of carbonyl (C=O) groups is 1. The van der Waals surface area contributed by atoms with Crippen molar-refractivity contribution in [3.8, 4) is 0 Å². The van der Waals surface area contributed by atoms with Crippen molar-refractivity contribution in [3.63, 3.8) is 0 Å². The molecule has 0 aromatic heterocycles. The smallest absolute Gasteiger partial charge is 0.220 e. The molecule has 2 nitrogen and oxygen atoms in total. The second kappa shape index (κ2) is 6.59. The molecule has 1 amide bonds. The van der Waals surface area contributed by atoms with Crippen LogP contribution in [0.25, 0.3) is 0 Å². The predicted octanol–water partition coefficient (Wildman–Crippen LogP) is 3.07. The normalized spacial score (nSPS) is 10.5. The Labute approximate surface area is 102 Å². The van der Waals surface area contributed by atoms with Gasteiger partial charge in [0.1, 0.15) is 0 Å². The fourth-order valence-corrected chi connectivity index (χ4v) is 1.80. The van der Waals surface area contributed by atoms with E-state index in [1.165, 1.54) is 4.90 Å². The Kier molecular flexibility index (Phi) is 5.39. The summed E-state index contributed by atoms with van der Waals surface area (Å²) in [6.07, 6.45) is 2.66. The zero-order chi connectivity index (χ0) is 12.0. The largest absolute Gasteiger partial charge is 0.352 e. The quantitative estimate of drug-likeness (QED) is 0.797. The Morgan fingerprint density at radius 1 is 1.31 bits per heavy atom. The van der Waals surface area contributed by atoms with E-state index in [0.717, 1.165) is 5.56 Å². The molecule has 0 fully saturated rings. The average molecular weight is 237 g/mol. The predicted molar refractivity (Wildman–Crippen MR) is 69.5 cm³/mol. The fraction of sp³-hybridized carbons (Fsp3) is 0.462. The van der Waals surface area contributed by atoms with Gasteiger partial charge in [-0.05, 0) is 29.9 Å². The Bertz CT molecular complexity index is 332. The average Bonchev–Trinajstić information content (AvgIpc) is 2.26. The van der Waals surface area contributed by atoms with Gasteiger partial charge in [0.15, 0.2) is 0 Å². The van der Waals surface area contributed by atoms with E-state index in [1.807, 2.05) is 13.8 Å². The molecule has 0 radical (unpaired) electrons. The lowest BCUT2D eigenvalue weighted by Crippen LogP contribution is -2.23. The zero-order valence-corrected chi connectivity index (χ0v) is 10.9. The molecule has 0 saturated carbocycles. The first kappa shape index (κ1) is 13.1. The number of rotatable bonds is 5. The highest BCUT2D eigenvalue weighted by Gasteiger charge is 2.03. The third-order valence-corrected chi connectivity index (χ3v) is 2.99. The van der Waals surface area contributed by atoms with Gasteiger partial charge in [0.25, 0.3) is 0 Å². The summed E-state index contributed by atoms with van der Waals surface area (Å²) in [7, 11) is 0. The van der Waals surface area contributed by atoms with Crippen LogP contribution in [0.5, 0.6) is 0 Å². The lowest BCUT2D eigenvalue weighted by Gasteiger charge is -2.07. The number of hydrogen-bond acceptors (Lipinski definition) is 2. The topological polar surface area (TPSA) is 29.1 Å². The first-order valence-corrected chi connectivity index (χ1v) is 6.74. The molecule has 0 aliphatic rings. The molecule has 16 heavy (non-hydrogen) atoms. The molecule has 0 bridgehead atoms. The van der Waals surface area contributed by atoms with Crippen LogP contribution in [0.1, 0.15) is 25.8 Å². The first-order valence-electron chi connectivity index (χ1n) is 5.51.